The lowest BCUT2D eigenvalue weighted by Gasteiger charge is -2.08. The van der Waals surface area contributed by atoms with Crippen molar-refractivity contribution in [3.8, 4) is 0 Å². The molecular formula is C10H5NO6-2. The Morgan fingerprint density at radius 2 is 1.76 bits per heavy atom. The molecule has 1 aromatic carbocycles. The molecule has 1 aromatic rings. The number of nitro benzene ring substituents is 1. The zero-order valence-electron chi connectivity index (χ0n) is 8.28. The first-order chi connectivity index (χ1) is 7.91. The maximum Gasteiger partial charge on any atom is 0.270 e. The molecule has 0 fully saturated rings. The minimum absolute atomic E-state index is 0.0580. The summed E-state index contributed by atoms with van der Waals surface area (Å²) >= 11 is 0. The van der Waals surface area contributed by atoms with Gasteiger partial charge in [0.15, 0.2) is 0 Å². The summed E-state index contributed by atoms with van der Waals surface area (Å²) < 4.78 is 0. The molecule has 0 saturated carbocycles. The smallest absolute Gasteiger partial charge is 0.270 e. The van der Waals surface area contributed by atoms with Crippen LogP contribution in [0.4, 0.5) is 5.69 Å². The number of carbonyl (C=O) groups is 2. The number of nitro groups is 1. The third-order valence-corrected chi connectivity index (χ3v) is 1.83. The third-order valence-electron chi connectivity index (χ3n) is 1.83. The van der Waals surface area contributed by atoms with Crippen molar-refractivity contribution in [2.24, 2.45) is 0 Å². The Hall–Kier alpha value is -2.70. The Kier molecular flexibility index (Phi) is 3.55. The number of benzene rings is 1. The second-order valence-corrected chi connectivity index (χ2v) is 2.99. The number of nitrogens with zero attached hydrogens (tertiary/aromatic N) is 1. The lowest BCUT2D eigenvalue weighted by molar-refractivity contribution is -0.384. The summed E-state index contributed by atoms with van der Waals surface area (Å²) in [5.74, 6) is -3.84. The molecule has 0 heterocycles. The fraction of sp³-hybridized carbons (Fsp3) is 0. The maximum absolute atomic E-state index is 10.4. The van der Waals surface area contributed by atoms with Crippen LogP contribution in [0.1, 0.15) is 5.56 Å². The lowest BCUT2D eigenvalue weighted by Crippen LogP contribution is -2.36. The van der Waals surface area contributed by atoms with Gasteiger partial charge in [-0.05, 0) is 11.6 Å². The molecule has 0 saturated heterocycles. The zero-order valence-corrected chi connectivity index (χ0v) is 8.28. The van der Waals surface area contributed by atoms with Crippen LogP contribution in [-0.4, -0.2) is 16.9 Å². The largest absolute Gasteiger partial charge is 0.545 e. The monoisotopic (exact) mass is 235 g/mol. The Morgan fingerprint density at radius 1 is 1.18 bits per heavy atom. The predicted molar refractivity (Wildman–Crippen MR) is 51.1 cm³/mol. The van der Waals surface area contributed by atoms with Crippen molar-refractivity contribution < 1.29 is 24.7 Å². The van der Waals surface area contributed by atoms with Crippen LogP contribution < -0.4 is 10.2 Å². The highest BCUT2D eigenvalue weighted by molar-refractivity contribution is 6.14. The fourth-order valence-corrected chi connectivity index (χ4v) is 1.10. The lowest BCUT2D eigenvalue weighted by atomic mass is 10.1. The molecule has 0 unspecified atom stereocenters. The van der Waals surface area contributed by atoms with E-state index in [9.17, 15) is 29.9 Å². The average molecular weight is 235 g/mol. The van der Waals surface area contributed by atoms with E-state index in [4.69, 9.17) is 0 Å². The van der Waals surface area contributed by atoms with E-state index >= 15 is 0 Å². The molecule has 0 N–H and O–H groups in total. The Balaban J connectivity index is 3.20. The predicted octanol–water partition coefficient (Wildman–Crippen LogP) is -1.52. The number of rotatable bonds is 4. The standard InChI is InChI=1S/C10H7NO6/c12-9(13)8(10(14)15)5-6-2-1-3-7(4-6)11(16)17/h1-5H,(H,12,13)(H,14,15)/p-2. The molecule has 0 radical (unpaired) electrons. The molecule has 0 spiro atoms. The molecule has 0 amide bonds. The van der Waals surface area contributed by atoms with Gasteiger partial charge >= 0.3 is 0 Å². The summed E-state index contributed by atoms with van der Waals surface area (Å²) in [7, 11) is 0. The van der Waals surface area contributed by atoms with Gasteiger partial charge in [0.05, 0.1) is 16.9 Å². The summed E-state index contributed by atoms with van der Waals surface area (Å²) in [4.78, 5) is 30.6. The molecule has 0 aliphatic carbocycles. The number of carboxylic acid groups (broad SMARTS) is 2. The van der Waals surface area contributed by atoms with Crippen LogP contribution >= 0.6 is 0 Å². The highest BCUT2D eigenvalue weighted by Gasteiger charge is 2.06. The number of aliphatic carboxylic acids is 2. The first kappa shape index (κ1) is 12.4. The van der Waals surface area contributed by atoms with Gasteiger partial charge in [-0.2, -0.15) is 0 Å². The van der Waals surface area contributed by atoms with Crippen LogP contribution in [0.25, 0.3) is 6.08 Å². The molecule has 0 bridgehead atoms. The molecule has 0 aliphatic heterocycles. The van der Waals surface area contributed by atoms with Crippen molar-refractivity contribution in [1.29, 1.82) is 0 Å². The molecular weight excluding hydrogens is 230 g/mol. The minimum Gasteiger partial charge on any atom is -0.545 e. The molecule has 7 heteroatoms. The Labute approximate surface area is 94.8 Å². The van der Waals surface area contributed by atoms with E-state index in [0.717, 1.165) is 12.1 Å². The first-order valence-corrected chi connectivity index (χ1v) is 4.30. The van der Waals surface area contributed by atoms with Crippen molar-refractivity contribution in [3.63, 3.8) is 0 Å². The van der Waals surface area contributed by atoms with Crippen LogP contribution in [-0.2, 0) is 9.59 Å². The number of carbonyl (C=O) groups excluding carboxylic acids is 2. The van der Waals surface area contributed by atoms with Gasteiger partial charge in [-0.3, -0.25) is 10.1 Å². The molecule has 7 nitrogen and oxygen atoms in total. The molecule has 0 atom stereocenters. The van der Waals surface area contributed by atoms with Crippen molar-refractivity contribution in [1.82, 2.24) is 0 Å². The summed E-state index contributed by atoms with van der Waals surface area (Å²) in [5, 5.41) is 31.3. The van der Waals surface area contributed by atoms with Gasteiger partial charge in [0.2, 0.25) is 0 Å². The molecule has 0 aromatic heterocycles. The van der Waals surface area contributed by atoms with Crippen LogP contribution in [0.2, 0.25) is 0 Å². The molecule has 0 aliphatic rings. The SMILES string of the molecule is O=C([O-])C(=Cc1cccc([N+](=O)[O-])c1)C(=O)[O-]. The van der Waals surface area contributed by atoms with Crippen LogP contribution in [0.15, 0.2) is 29.8 Å². The second kappa shape index (κ2) is 4.88. The number of hydrogen-bond donors (Lipinski definition) is 0. The Morgan fingerprint density at radius 3 is 2.24 bits per heavy atom. The first-order valence-electron chi connectivity index (χ1n) is 4.30. The van der Waals surface area contributed by atoms with Gasteiger partial charge in [-0.15, -0.1) is 0 Å². The highest BCUT2D eigenvalue weighted by Crippen LogP contribution is 2.15. The van der Waals surface area contributed by atoms with E-state index in [2.05, 4.69) is 0 Å². The average Bonchev–Trinajstić information content (AvgIpc) is 2.25. The van der Waals surface area contributed by atoms with E-state index in [0.29, 0.717) is 0 Å². The third kappa shape index (κ3) is 3.13. The van der Waals surface area contributed by atoms with Crippen LogP contribution in [0.5, 0.6) is 0 Å². The van der Waals surface area contributed by atoms with Gasteiger partial charge in [-0.1, -0.05) is 12.1 Å². The van der Waals surface area contributed by atoms with E-state index < -0.39 is 22.4 Å². The summed E-state index contributed by atoms with van der Waals surface area (Å²) in [6.45, 7) is 0. The summed E-state index contributed by atoms with van der Waals surface area (Å²) in [5.41, 5.74) is -1.30. The van der Waals surface area contributed by atoms with Crippen molar-refractivity contribution >= 4 is 23.7 Å². The summed E-state index contributed by atoms with van der Waals surface area (Å²) in [6.07, 6.45) is 0.734. The number of carboxylic acids is 2. The van der Waals surface area contributed by atoms with Crippen LogP contribution in [0, 0.1) is 10.1 Å². The number of hydrogen-bond acceptors (Lipinski definition) is 6. The quantitative estimate of drug-likeness (QED) is 0.205. The van der Waals surface area contributed by atoms with Crippen molar-refractivity contribution in [3.05, 3.63) is 45.5 Å². The van der Waals surface area contributed by atoms with E-state index in [1.165, 1.54) is 18.2 Å². The highest BCUT2D eigenvalue weighted by atomic mass is 16.6. The van der Waals surface area contributed by atoms with Gasteiger partial charge in [0.1, 0.15) is 0 Å². The topological polar surface area (TPSA) is 123 Å². The molecule has 17 heavy (non-hydrogen) atoms. The van der Waals surface area contributed by atoms with Crippen molar-refractivity contribution in [2.45, 2.75) is 0 Å². The normalized spacial score (nSPS) is 9.41. The molecule has 88 valence electrons. The second-order valence-electron chi connectivity index (χ2n) is 2.99. The van der Waals surface area contributed by atoms with Crippen LogP contribution in [0.3, 0.4) is 0 Å². The van der Waals surface area contributed by atoms with Gasteiger partial charge in [0, 0.05) is 17.7 Å². The molecule has 1 rings (SSSR count). The Bertz CT molecular complexity index is 503. The van der Waals surface area contributed by atoms with E-state index in [1.54, 1.807) is 0 Å². The zero-order chi connectivity index (χ0) is 13.0. The van der Waals surface area contributed by atoms with E-state index in [-0.39, 0.29) is 11.3 Å². The van der Waals surface area contributed by atoms with E-state index in [1.807, 2.05) is 0 Å². The van der Waals surface area contributed by atoms with Crippen molar-refractivity contribution in [2.75, 3.05) is 0 Å². The number of non-ortho nitro benzene ring substituents is 1. The minimum atomic E-state index is -1.92. The van der Waals surface area contributed by atoms with Gasteiger partial charge in [0.25, 0.3) is 5.69 Å². The fourth-order valence-electron chi connectivity index (χ4n) is 1.10. The van der Waals surface area contributed by atoms with Gasteiger partial charge < -0.3 is 19.8 Å². The summed E-state index contributed by atoms with van der Waals surface area (Å²) in [6, 6.07) is 4.84. The maximum atomic E-state index is 10.4. The van der Waals surface area contributed by atoms with Gasteiger partial charge in [-0.25, -0.2) is 0 Å².